The number of hydrogen-bond donors (Lipinski definition) is 2. The Morgan fingerprint density at radius 3 is 1.33 bits per heavy atom. The lowest BCUT2D eigenvalue weighted by molar-refractivity contribution is 0.0653. The molecule has 0 aliphatic heterocycles. The average Bonchev–Trinajstić information content (AvgIpc) is 2.97. The van der Waals surface area contributed by atoms with Gasteiger partial charge in [-0.3, -0.25) is 4.79 Å². The van der Waals surface area contributed by atoms with Crippen molar-refractivity contribution in [2.75, 3.05) is 0 Å². The highest BCUT2D eigenvalue weighted by molar-refractivity contribution is 6.06. The highest BCUT2D eigenvalue weighted by Gasteiger charge is 2.20. The SMILES string of the molecule is O=C(O)c1ccc(C(=O)c2ccc(C(=O)O)o2)o1. The molecule has 7 nitrogen and oxygen atoms in total. The zero-order valence-electron chi connectivity index (χ0n) is 8.75. The van der Waals surface area contributed by atoms with E-state index in [0.717, 1.165) is 12.1 Å². The lowest BCUT2D eigenvalue weighted by atomic mass is 10.2. The molecule has 0 saturated heterocycles. The van der Waals surface area contributed by atoms with Crippen molar-refractivity contribution in [3.05, 3.63) is 47.3 Å². The smallest absolute Gasteiger partial charge is 0.371 e. The minimum atomic E-state index is -1.31. The molecule has 0 fully saturated rings. The fourth-order valence-electron chi connectivity index (χ4n) is 1.27. The fraction of sp³-hybridized carbons (Fsp3) is 0. The summed E-state index contributed by atoms with van der Waals surface area (Å²) < 4.78 is 9.55. The van der Waals surface area contributed by atoms with Gasteiger partial charge in [0.05, 0.1) is 0 Å². The van der Waals surface area contributed by atoms with Gasteiger partial charge in [-0.15, -0.1) is 0 Å². The van der Waals surface area contributed by atoms with Crippen LogP contribution in [0.2, 0.25) is 0 Å². The van der Waals surface area contributed by atoms with Gasteiger partial charge in [-0.05, 0) is 24.3 Å². The molecule has 2 N–H and O–H groups in total. The molecule has 0 aliphatic carbocycles. The summed E-state index contributed by atoms with van der Waals surface area (Å²) in [5, 5.41) is 17.2. The van der Waals surface area contributed by atoms with Crippen LogP contribution in [-0.2, 0) is 0 Å². The Bertz CT molecular complexity index is 577. The van der Waals surface area contributed by atoms with Crippen LogP contribution in [0.4, 0.5) is 0 Å². The topological polar surface area (TPSA) is 118 Å². The molecule has 0 atom stereocenters. The molecule has 0 aromatic carbocycles. The molecule has 0 radical (unpaired) electrons. The molecular formula is C11H6O7. The van der Waals surface area contributed by atoms with Crippen LogP contribution in [0.15, 0.2) is 33.1 Å². The van der Waals surface area contributed by atoms with Crippen LogP contribution < -0.4 is 0 Å². The van der Waals surface area contributed by atoms with Crippen LogP contribution >= 0.6 is 0 Å². The molecule has 2 heterocycles. The summed E-state index contributed by atoms with van der Waals surface area (Å²) in [6.07, 6.45) is 0. The summed E-state index contributed by atoms with van der Waals surface area (Å²) in [7, 11) is 0. The van der Waals surface area contributed by atoms with Gasteiger partial charge in [0.25, 0.3) is 5.78 Å². The van der Waals surface area contributed by atoms with E-state index in [9.17, 15) is 14.4 Å². The first-order chi connectivity index (χ1) is 8.49. The summed E-state index contributed by atoms with van der Waals surface area (Å²) in [6, 6.07) is 4.59. The molecule has 0 aliphatic rings. The van der Waals surface area contributed by atoms with E-state index in [2.05, 4.69) is 0 Å². The number of rotatable bonds is 4. The number of aromatic carboxylic acids is 2. The van der Waals surface area contributed by atoms with Crippen LogP contribution in [0, 0.1) is 0 Å². The van der Waals surface area contributed by atoms with E-state index in [1.165, 1.54) is 12.1 Å². The standard InChI is InChI=1S/C11H6O7/c12-9(5-1-3-7(17-5)10(13)14)6-2-4-8(18-6)11(15)16/h1-4H,(H,13,14)(H,15,16). The van der Waals surface area contributed by atoms with Crippen molar-refractivity contribution in [3.63, 3.8) is 0 Å². The van der Waals surface area contributed by atoms with Gasteiger partial charge in [-0.1, -0.05) is 0 Å². The summed E-state index contributed by atoms with van der Waals surface area (Å²) in [5.74, 6) is -4.58. The monoisotopic (exact) mass is 250 g/mol. The molecule has 7 heteroatoms. The second kappa shape index (κ2) is 4.21. The molecule has 2 aromatic rings. The number of carbonyl (C=O) groups is 3. The van der Waals surface area contributed by atoms with Crippen LogP contribution in [0.3, 0.4) is 0 Å². The van der Waals surface area contributed by atoms with Crippen molar-refractivity contribution < 1.29 is 33.4 Å². The Morgan fingerprint density at radius 2 is 1.06 bits per heavy atom. The van der Waals surface area contributed by atoms with Crippen molar-refractivity contribution in [3.8, 4) is 0 Å². The van der Waals surface area contributed by atoms with E-state index >= 15 is 0 Å². The van der Waals surface area contributed by atoms with Crippen LogP contribution in [0.25, 0.3) is 0 Å². The van der Waals surface area contributed by atoms with Crippen molar-refractivity contribution >= 4 is 17.7 Å². The van der Waals surface area contributed by atoms with Crippen molar-refractivity contribution in [1.82, 2.24) is 0 Å². The maximum atomic E-state index is 11.7. The van der Waals surface area contributed by atoms with Gasteiger partial charge in [0.1, 0.15) is 0 Å². The third-order valence-corrected chi connectivity index (χ3v) is 2.08. The second-order valence-corrected chi connectivity index (χ2v) is 3.27. The zero-order chi connectivity index (χ0) is 13.3. The number of hydrogen-bond acceptors (Lipinski definition) is 5. The predicted molar refractivity (Wildman–Crippen MR) is 54.8 cm³/mol. The maximum Gasteiger partial charge on any atom is 0.371 e. The third-order valence-electron chi connectivity index (χ3n) is 2.08. The van der Waals surface area contributed by atoms with Gasteiger partial charge < -0.3 is 19.0 Å². The maximum absolute atomic E-state index is 11.7. The van der Waals surface area contributed by atoms with Crippen molar-refractivity contribution in [1.29, 1.82) is 0 Å². The van der Waals surface area contributed by atoms with Crippen LogP contribution in [-0.4, -0.2) is 27.9 Å². The minimum Gasteiger partial charge on any atom is -0.475 e. The van der Waals surface area contributed by atoms with Gasteiger partial charge >= 0.3 is 11.9 Å². The Hall–Kier alpha value is -2.83. The molecule has 0 bridgehead atoms. The molecule has 0 amide bonds. The van der Waals surface area contributed by atoms with Gasteiger partial charge in [0.15, 0.2) is 11.5 Å². The first kappa shape index (κ1) is 11.6. The van der Waals surface area contributed by atoms with Gasteiger partial charge in [0.2, 0.25) is 11.5 Å². The number of ketones is 1. The molecule has 0 unspecified atom stereocenters. The molecule has 0 saturated carbocycles. The largest absolute Gasteiger partial charge is 0.475 e. The van der Waals surface area contributed by atoms with Crippen molar-refractivity contribution in [2.24, 2.45) is 0 Å². The Balaban J connectivity index is 2.29. The lowest BCUT2D eigenvalue weighted by Gasteiger charge is -1.92. The minimum absolute atomic E-state index is 0.237. The number of furan rings is 2. The first-order valence-corrected chi connectivity index (χ1v) is 4.70. The van der Waals surface area contributed by atoms with Crippen LogP contribution in [0.1, 0.15) is 37.4 Å². The average molecular weight is 250 g/mol. The van der Waals surface area contributed by atoms with Crippen LogP contribution in [0.5, 0.6) is 0 Å². The Kier molecular flexibility index (Phi) is 2.72. The van der Waals surface area contributed by atoms with Gasteiger partial charge in [0, 0.05) is 0 Å². The quantitative estimate of drug-likeness (QED) is 0.789. The zero-order valence-corrected chi connectivity index (χ0v) is 8.75. The third kappa shape index (κ3) is 2.01. The van der Waals surface area contributed by atoms with E-state index in [0.29, 0.717) is 0 Å². The summed E-state index contributed by atoms with van der Waals surface area (Å²) >= 11 is 0. The molecule has 2 rings (SSSR count). The molecule has 0 spiro atoms. The highest BCUT2D eigenvalue weighted by atomic mass is 16.4. The van der Waals surface area contributed by atoms with Gasteiger partial charge in [-0.2, -0.15) is 0 Å². The van der Waals surface area contributed by atoms with Crippen molar-refractivity contribution in [2.45, 2.75) is 0 Å². The first-order valence-electron chi connectivity index (χ1n) is 4.70. The lowest BCUT2D eigenvalue weighted by Crippen LogP contribution is -1.99. The summed E-state index contributed by atoms with van der Waals surface area (Å²) in [4.78, 5) is 32.9. The second-order valence-electron chi connectivity index (χ2n) is 3.27. The fourth-order valence-corrected chi connectivity index (χ4v) is 1.27. The predicted octanol–water partition coefficient (Wildman–Crippen LogP) is 1.50. The van der Waals surface area contributed by atoms with E-state index in [4.69, 9.17) is 19.0 Å². The molecule has 92 valence electrons. The normalized spacial score (nSPS) is 10.2. The Labute approximate surface area is 99.2 Å². The highest BCUT2D eigenvalue weighted by Crippen LogP contribution is 2.16. The molecule has 2 aromatic heterocycles. The number of carboxylic acid groups (broad SMARTS) is 2. The van der Waals surface area contributed by atoms with E-state index in [1.54, 1.807) is 0 Å². The van der Waals surface area contributed by atoms with E-state index in [-0.39, 0.29) is 23.0 Å². The number of carboxylic acids is 2. The summed E-state index contributed by atoms with van der Waals surface area (Å²) in [5.41, 5.74) is 0. The summed E-state index contributed by atoms with van der Waals surface area (Å²) in [6.45, 7) is 0. The molecule has 18 heavy (non-hydrogen) atoms. The van der Waals surface area contributed by atoms with E-state index in [1.807, 2.05) is 0 Å². The molecular weight excluding hydrogens is 244 g/mol. The number of carbonyl (C=O) groups excluding carboxylic acids is 1. The van der Waals surface area contributed by atoms with Gasteiger partial charge in [-0.25, -0.2) is 9.59 Å². The Morgan fingerprint density at radius 1 is 0.722 bits per heavy atom. The van der Waals surface area contributed by atoms with E-state index < -0.39 is 17.7 Å².